The van der Waals surface area contributed by atoms with Crippen molar-refractivity contribution in [3.05, 3.63) is 0 Å². The SMILES string of the molecule is CCCCC(CCCCC(C)(C)CC(C)CC(=O)O)C1(CC)COCCO1. The fourth-order valence-corrected chi connectivity index (χ4v) is 4.85. The van der Waals surface area contributed by atoms with Gasteiger partial charge in [0.15, 0.2) is 0 Å². The Balaban J connectivity index is 2.49. The number of ether oxygens (including phenoxy) is 2. The summed E-state index contributed by atoms with van der Waals surface area (Å²) in [5.74, 6) is 0.138. The Morgan fingerprint density at radius 3 is 2.41 bits per heavy atom. The third kappa shape index (κ3) is 8.95. The average molecular weight is 385 g/mol. The van der Waals surface area contributed by atoms with Crippen LogP contribution in [0.1, 0.15) is 98.8 Å². The van der Waals surface area contributed by atoms with Crippen LogP contribution in [-0.4, -0.2) is 36.5 Å². The van der Waals surface area contributed by atoms with E-state index < -0.39 is 5.97 Å². The van der Waals surface area contributed by atoms with Crippen LogP contribution < -0.4 is 0 Å². The van der Waals surface area contributed by atoms with Crippen LogP contribution >= 0.6 is 0 Å². The molecule has 1 rings (SSSR count). The molecule has 1 N–H and O–H groups in total. The first-order chi connectivity index (χ1) is 12.7. The Kier molecular flexibility index (Phi) is 10.9. The summed E-state index contributed by atoms with van der Waals surface area (Å²) in [5, 5.41) is 8.98. The highest BCUT2D eigenvalue weighted by Gasteiger charge is 2.39. The molecule has 0 aliphatic carbocycles. The van der Waals surface area contributed by atoms with E-state index in [1.807, 2.05) is 0 Å². The average Bonchev–Trinajstić information content (AvgIpc) is 2.60. The third-order valence-electron chi connectivity index (χ3n) is 6.29. The molecule has 1 saturated heterocycles. The van der Waals surface area contributed by atoms with Crippen LogP contribution in [0.15, 0.2) is 0 Å². The highest BCUT2D eigenvalue weighted by molar-refractivity contribution is 5.66. The van der Waals surface area contributed by atoms with E-state index in [0.717, 1.165) is 39.1 Å². The molecule has 1 fully saturated rings. The van der Waals surface area contributed by atoms with Gasteiger partial charge in [-0.2, -0.15) is 0 Å². The van der Waals surface area contributed by atoms with Gasteiger partial charge in [-0.25, -0.2) is 0 Å². The first-order valence-electron chi connectivity index (χ1n) is 11.2. The molecule has 27 heavy (non-hydrogen) atoms. The van der Waals surface area contributed by atoms with Gasteiger partial charge in [-0.15, -0.1) is 0 Å². The smallest absolute Gasteiger partial charge is 0.303 e. The van der Waals surface area contributed by atoms with Gasteiger partial charge in [-0.3, -0.25) is 4.79 Å². The summed E-state index contributed by atoms with van der Waals surface area (Å²) < 4.78 is 12.1. The Hall–Kier alpha value is -0.610. The molecule has 1 aliphatic rings. The molecular weight excluding hydrogens is 340 g/mol. The van der Waals surface area contributed by atoms with Gasteiger partial charge in [-0.05, 0) is 49.4 Å². The lowest BCUT2D eigenvalue weighted by atomic mass is 9.76. The summed E-state index contributed by atoms with van der Waals surface area (Å²) in [6.45, 7) is 13.3. The van der Waals surface area contributed by atoms with Crippen molar-refractivity contribution in [1.29, 1.82) is 0 Å². The fourth-order valence-electron chi connectivity index (χ4n) is 4.85. The molecule has 0 radical (unpaired) electrons. The van der Waals surface area contributed by atoms with Gasteiger partial charge in [0.2, 0.25) is 0 Å². The van der Waals surface area contributed by atoms with E-state index in [9.17, 15) is 4.79 Å². The molecule has 4 nitrogen and oxygen atoms in total. The van der Waals surface area contributed by atoms with E-state index in [4.69, 9.17) is 14.6 Å². The number of hydrogen-bond donors (Lipinski definition) is 1. The second-order valence-corrected chi connectivity index (χ2v) is 9.48. The van der Waals surface area contributed by atoms with Crippen molar-refractivity contribution in [1.82, 2.24) is 0 Å². The van der Waals surface area contributed by atoms with Crippen molar-refractivity contribution in [2.45, 2.75) is 104 Å². The van der Waals surface area contributed by atoms with E-state index in [1.165, 1.54) is 38.5 Å². The molecule has 3 unspecified atom stereocenters. The second kappa shape index (κ2) is 12.1. The molecule has 3 atom stereocenters. The zero-order valence-corrected chi connectivity index (χ0v) is 18.5. The number of aliphatic carboxylic acids is 1. The minimum Gasteiger partial charge on any atom is -0.481 e. The van der Waals surface area contributed by atoms with Crippen molar-refractivity contribution in [2.75, 3.05) is 19.8 Å². The maximum Gasteiger partial charge on any atom is 0.303 e. The van der Waals surface area contributed by atoms with Crippen molar-refractivity contribution in [2.24, 2.45) is 17.3 Å². The predicted octanol–water partition coefficient (Wildman–Crippen LogP) is 6.08. The molecule has 0 aromatic heterocycles. The predicted molar refractivity (Wildman–Crippen MR) is 111 cm³/mol. The Labute approximate surface area is 167 Å². The van der Waals surface area contributed by atoms with Crippen LogP contribution in [0.4, 0.5) is 0 Å². The number of unbranched alkanes of at least 4 members (excludes halogenated alkanes) is 2. The minimum absolute atomic E-state index is 0.0844. The number of rotatable bonds is 14. The molecule has 0 aromatic carbocycles. The van der Waals surface area contributed by atoms with Crippen LogP contribution in [0.5, 0.6) is 0 Å². The summed E-state index contributed by atoms with van der Waals surface area (Å²) in [6, 6.07) is 0. The summed E-state index contributed by atoms with van der Waals surface area (Å²) in [7, 11) is 0. The lowest BCUT2D eigenvalue weighted by Crippen LogP contribution is -2.48. The zero-order chi connectivity index (χ0) is 20.3. The topological polar surface area (TPSA) is 55.8 Å². The Morgan fingerprint density at radius 1 is 1.15 bits per heavy atom. The molecule has 1 aliphatic heterocycles. The zero-order valence-electron chi connectivity index (χ0n) is 18.5. The van der Waals surface area contributed by atoms with Crippen molar-refractivity contribution < 1.29 is 19.4 Å². The number of carboxylic acids is 1. The summed E-state index contributed by atoms with van der Waals surface area (Å²) in [5.41, 5.74) is 0.125. The molecule has 0 bridgehead atoms. The molecular formula is C23H44O4. The number of hydrogen-bond acceptors (Lipinski definition) is 3. The standard InChI is InChI=1S/C23H44O4/c1-6-8-11-20(23(7-2)18-26-14-15-27-23)12-9-10-13-22(4,5)17-19(3)16-21(24)25/h19-20H,6-18H2,1-5H3,(H,24,25). The molecule has 0 spiro atoms. The molecule has 0 amide bonds. The lowest BCUT2D eigenvalue weighted by molar-refractivity contribution is -0.188. The molecule has 1 heterocycles. The van der Waals surface area contributed by atoms with Crippen LogP contribution in [-0.2, 0) is 14.3 Å². The van der Waals surface area contributed by atoms with E-state index in [2.05, 4.69) is 34.6 Å². The molecule has 0 saturated carbocycles. The van der Waals surface area contributed by atoms with Gasteiger partial charge in [0, 0.05) is 6.42 Å². The molecule has 4 heteroatoms. The van der Waals surface area contributed by atoms with Crippen molar-refractivity contribution in [3.63, 3.8) is 0 Å². The van der Waals surface area contributed by atoms with Crippen LogP contribution in [0.25, 0.3) is 0 Å². The van der Waals surface area contributed by atoms with Gasteiger partial charge in [0.1, 0.15) is 0 Å². The van der Waals surface area contributed by atoms with Crippen LogP contribution in [0.2, 0.25) is 0 Å². The molecule has 160 valence electrons. The van der Waals surface area contributed by atoms with Gasteiger partial charge < -0.3 is 14.6 Å². The maximum atomic E-state index is 10.9. The van der Waals surface area contributed by atoms with Gasteiger partial charge >= 0.3 is 5.97 Å². The maximum absolute atomic E-state index is 10.9. The monoisotopic (exact) mass is 384 g/mol. The highest BCUT2D eigenvalue weighted by atomic mass is 16.6. The molecule has 0 aromatic rings. The van der Waals surface area contributed by atoms with Crippen LogP contribution in [0.3, 0.4) is 0 Å². The van der Waals surface area contributed by atoms with Gasteiger partial charge in [0.25, 0.3) is 0 Å². The van der Waals surface area contributed by atoms with E-state index in [-0.39, 0.29) is 23.4 Å². The summed E-state index contributed by atoms with van der Waals surface area (Å²) in [4.78, 5) is 10.9. The Bertz CT molecular complexity index is 413. The third-order valence-corrected chi connectivity index (χ3v) is 6.29. The van der Waals surface area contributed by atoms with Crippen LogP contribution in [0, 0.1) is 17.3 Å². The number of carboxylic acid groups (broad SMARTS) is 1. The van der Waals surface area contributed by atoms with Gasteiger partial charge in [-0.1, -0.05) is 60.3 Å². The quantitative estimate of drug-likeness (QED) is 0.369. The minimum atomic E-state index is -0.684. The van der Waals surface area contributed by atoms with E-state index in [1.54, 1.807) is 0 Å². The van der Waals surface area contributed by atoms with E-state index in [0.29, 0.717) is 5.92 Å². The lowest BCUT2D eigenvalue weighted by Gasteiger charge is -2.43. The largest absolute Gasteiger partial charge is 0.481 e. The number of carbonyl (C=O) groups is 1. The normalized spacial score (nSPS) is 23.1. The fraction of sp³-hybridized carbons (Fsp3) is 0.957. The highest BCUT2D eigenvalue weighted by Crippen LogP contribution is 2.38. The van der Waals surface area contributed by atoms with Crippen molar-refractivity contribution >= 4 is 5.97 Å². The Morgan fingerprint density at radius 2 is 1.85 bits per heavy atom. The van der Waals surface area contributed by atoms with E-state index >= 15 is 0 Å². The first kappa shape index (κ1) is 24.4. The first-order valence-corrected chi connectivity index (χ1v) is 11.2. The second-order valence-electron chi connectivity index (χ2n) is 9.48. The van der Waals surface area contributed by atoms with Gasteiger partial charge in [0.05, 0.1) is 25.4 Å². The summed E-state index contributed by atoms with van der Waals surface area (Å²) >= 11 is 0. The van der Waals surface area contributed by atoms with Crippen molar-refractivity contribution in [3.8, 4) is 0 Å². The summed E-state index contributed by atoms with van der Waals surface area (Å²) in [6.07, 6.45) is 10.8.